The number of carbonyl (C=O) groups is 1. The van der Waals surface area contributed by atoms with Gasteiger partial charge >= 0.3 is 0 Å². The SMILES string of the molecule is CCCCN(C(=O)c1ccc(S(=O)(=O)N2C[C@H](C)C[C@@H](C)C2)cc1)C1CC1. The van der Waals surface area contributed by atoms with E-state index in [0.29, 0.717) is 36.5 Å². The Labute approximate surface area is 163 Å². The molecule has 1 aliphatic heterocycles. The van der Waals surface area contributed by atoms with Gasteiger partial charge in [0, 0.05) is 31.2 Å². The fourth-order valence-corrected chi connectivity index (χ4v) is 5.73. The molecule has 1 aromatic rings. The molecule has 2 atom stereocenters. The second-order valence-electron chi connectivity index (χ2n) is 8.38. The number of hydrogen-bond donors (Lipinski definition) is 0. The quantitative estimate of drug-likeness (QED) is 0.710. The molecule has 2 fully saturated rings. The highest BCUT2D eigenvalue weighted by Gasteiger charge is 2.34. The van der Waals surface area contributed by atoms with Crippen molar-refractivity contribution in [3.63, 3.8) is 0 Å². The summed E-state index contributed by atoms with van der Waals surface area (Å²) in [6.07, 6.45) is 5.27. The van der Waals surface area contributed by atoms with E-state index < -0.39 is 10.0 Å². The summed E-state index contributed by atoms with van der Waals surface area (Å²) in [4.78, 5) is 15.1. The van der Waals surface area contributed by atoms with E-state index in [1.807, 2.05) is 4.90 Å². The lowest BCUT2D eigenvalue weighted by Crippen LogP contribution is -2.42. The van der Waals surface area contributed by atoms with Crippen LogP contribution < -0.4 is 0 Å². The summed E-state index contributed by atoms with van der Waals surface area (Å²) >= 11 is 0. The van der Waals surface area contributed by atoms with E-state index in [9.17, 15) is 13.2 Å². The van der Waals surface area contributed by atoms with Gasteiger partial charge in [0.25, 0.3) is 5.91 Å². The summed E-state index contributed by atoms with van der Waals surface area (Å²) < 4.78 is 27.6. The average molecular weight is 393 g/mol. The minimum Gasteiger partial charge on any atom is -0.336 e. The van der Waals surface area contributed by atoms with Crippen LogP contribution in [0.2, 0.25) is 0 Å². The Bertz CT molecular complexity index is 746. The van der Waals surface area contributed by atoms with Crippen molar-refractivity contribution in [2.24, 2.45) is 11.8 Å². The summed E-state index contributed by atoms with van der Waals surface area (Å²) in [7, 11) is -3.50. The van der Waals surface area contributed by atoms with Gasteiger partial charge in [-0.15, -0.1) is 0 Å². The van der Waals surface area contributed by atoms with E-state index in [4.69, 9.17) is 0 Å². The topological polar surface area (TPSA) is 57.7 Å². The van der Waals surface area contributed by atoms with Crippen molar-refractivity contribution in [3.8, 4) is 0 Å². The predicted octanol–water partition coefficient (Wildman–Crippen LogP) is 3.76. The van der Waals surface area contributed by atoms with E-state index in [-0.39, 0.29) is 10.8 Å². The van der Waals surface area contributed by atoms with Crippen LogP contribution in [0.4, 0.5) is 0 Å². The Hall–Kier alpha value is -1.40. The van der Waals surface area contributed by atoms with Crippen LogP contribution in [-0.2, 0) is 10.0 Å². The summed E-state index contributed by atoms with van der Waals surface area (Å²) in [5.74, 6) is 0.764. The van der Waals surface area contributed by atoms with Gasteiger partial charge < -0.3 is 4.90 Å². The van der Waals surface area contributed by atoms with E-state index in [1.54, 1.807) is 28.6 Å². The molecule has 1 aliphatic carbocycles. The molecule has 3 rings (SSSR count). The zero-order valence-corrected chi connectivity index (χ0v) is 17.5. The molecule has 2 aliphatic rings. The smallest absolute Gasteiger partial charge is 0.254 e. The molecule has 0 unspecified atom stereocenters. The van der Waals surface area contributed by atoms with Crippen LogP contribution in [0.3, 0.4) is 0 Å². The summed E-state index contributed by atoms with van der Waals surface area (Å²) in [5.41, 5.74) is 0.581. The van der Waals surface area contributed by atoms with Crippen LogP contribution >= 0.6 is 0 Å². The van der Waals surface area contributed by atoms with Crippen molar-refractivity contribution in [2.75, 3.05) is 19.6 Å². The Kier molecular flexibility index (Phi) is 6.26. The first kappa shape index (κ1) is 20.3. The van der Waals surface area contributed by atoms with Crippen LogP contribution in [0.1, 0.15) is 63.2 Å². The van der Waals surface area contributed by atoms with Gasteiger partial charge in [-0.2, -0.15) is 4.31 Å². The van der Waals surface area contributed by atoms with Crippen LogP contribution in [-0.4, -0.2) is 49.2 Å². The number of sulfonamides is 1. The van der Waals surface area contributed by atoms with Crippen molar-refractivity contribution >= 4 is 15.9 Å². The standard InChI is InChI=1S/C21H32N2O3S/c1-4-5-12-23(19-8-9-19)21(24)18-6-10-20(11-7-18)27(25,26)22-14-16(2)13-17(3)15-22/h6-7,10-11,16-17,19H,4-5,8-9,12-15H2,1-3H3/t16-,17-/m1/s1. The first-order valence-electron chi connectivity index (χ1n) is 10.2. The molecule has 27 heavy (non-hydrogen) atoms. The normalized spacial score (nSPS) is 24.0. The zero-order chi connectivity index (χ0) is 19.6. The van der Waals surface area contributed by atoms with Gasteiger partial charge in [-0.25, -0.2) is 8.42 Å². The van der Waals surface area contributed by atoms with E-state index in [2.05, 4.69) is 20.8 Å². The highest BCUT2D eigenvalue weighted by molar-refractivity contribution is 7.89. The van der Waals surface area contributed by atoms with E-state index in [1.165, 1.54) is 0 Å². The van der Waals surface area contributed by atoms with Crippen molar-refractivity contribution in [2.45, 2.75) is 63.8 Å². The number of nitrogens with zero attached hydrogens (tertiary/aromatic N) is 2. The number of hydrogen-bond acceptors (Lipinski definition) is 3. The lowest BCUT2D eigenvalue weighted by Gasteiger charge is -2.34. The number of rotatable bonds is 7. The molecule has 0 aromatic heterocycles. The third-order valence-corrected chi connectivity index (χ3v) is 7.42. The maximum atomic E-state index is 13.0. The Morgan fingerprint density at radius 2 is 1.70 bits per heavy atom. The Morgan fingerprint density at radius 3 is 2.22 bits per heavy atom. The molecular formula is C21H32N2O3S. The third-order valence-electron chi connectivity index (χ3n) is 5.58. The number of benzene rings is 1. The van der Waals surface area contributed by atoms with Gasteiger partial charge in [0.05, 0.1) is 4.90 Å². The zero-order valence-electron chi connectivity index (χ0n) is 16.7. The predicted molar refractivity (Wildman–Crippen MR) is 107 cm³/mol. The van der Waals surface area contributed by atoms with Crippen LogP contribution in [0.5, 0.6) is 0 Å². The van der Waals surface area contributed by atoms with Crippen molar-refractivity contribution in [1.82, 2.24) is 9.21 Å². The van der Waals surface area contributed by atoms with Crippen molar-refractivity contribution in [1.29, 1.82) is 0 Å². The minimum absolute atomic E-state index is 0.0233. The van der Waals surface area contributed by atoms with Crippen LogP contribution in [0, 0.1) is 11.8 Å². The second kappa shape index (κ2) is 8.31. The first-order chi connectivity index (χ1) is 12.8. The van der Waals surface area contributed by atoms with E-state index >= 15 is 0 Å². The van der Waals surface area contributed by atoms with Gasteiger partial charge in [-0.05, 0) is 61.8 Å². The molecule has 0 N–H and O–H groups in total. The maximum absolute atomic E-state index is 13.0. The number of amides is 1. The summed E-state index contributed by atoms with van der Waals surface area (Å²) in [6.45, 7) is 8.24. The largest absolute Gasteiger partial charge is 0.336 e. The molecule has 6 heteroatoms. The second-order valence-corrected chi connectivity index (χ2v) is 10.3. The molecule has 0 bridgehead atoms. The fraction of sp³-hybridized carbons (Fsp3) is 0.667. The van der Waals surface area contributed by atoms with Gasteiger partial charge in [-0.3, -0.25) is 4.79 Å². The van der Waals surface area contributed by atoms with Crippen LogP contribution in [0.25, 0.3) is 0 Å². The monoisotopic (exact) mass is 392 g/mol. The lowest BCUT2D eigenvalue weighted by molar-refractivity contribution is 0.0740. The molecule has 0 spiro atoms. The molecule has 5 nitrogen and oxygen atoms in total. The van der Waals surface area contributed by atoms with Gasteiger partial charge in [0.15, 0.2) is 0 Å². The third kappa shape index (κ3) is 4.72. The number of unbranched alkanes of at least 4 members (excludes halogenated alkanes) is 1. The van der Waals surface area contributed by atoms with Gasteiger partial charge in [0.1, 0.15) is 0 Å². The first-order valence-corrected chi connectivity index (χ1v) is 11.7. The summed E-state index contributed by atoms with van der Waals surface area (Å²) in [6, 6.07) is 6.90. The molecule has 1 heterocycles. The van der Waals surface area contributed by atoms with Crippen LogP contribution in [0.15, 0.2) is 29.2 Å². The molecular weight excluding hydrogens is 360 g/mol. The van der Waals surface area contributed by atoms with Crippen molar-refractivity contribution in [3.05, 3.63) is 29.8 Å². The minimum atomic E-state index is -3.50. The van der Waals surface area contributed by atoms with Gasteiger partial charge in [0.2, 0.25) is 10.0 Å². The average Bonchev–Trinajstić information content (AvgIpc) is 3.46. The number of piperidine rings is 1. The summed E-state index contributed by atoms with van der Waals surface area (Å²) in [5, 5.41) is 0. The fourth-order valence-electron chi connectivity index (χ4n) is 4.05. The van der Waals surface area contributed by atoms with Crippen molar-refractivity contribution < 1.29 is 13.2 Å². The molecule has 1 saturated heterocycles. The highest BCUT2D eigenvalue weighted by Crippen LogP contribution is 2.30. The molecule has 1 saturated carbocycles. The molecule has 1 aromatic carbocycles. The maximum Gasteiger partial charge on any atom is 0.254 e. The molecule has 1 amide bonds. The highest BCUT2D eigenvalue weighted by atomic mass is 32.2. The lowest BCUT2D eigenvalue weighted by atomic mass is 9.94. The van der Waals surface area contributed by atoms with E-state index in [0.717, 1.165) is 38.6 Å². The van der Waals surface area contributed by atoms with Gasteiger partial charge in [-0.1, -0.05) is 27.2 Å². The Balaban J connectivity index is 1.75. The Morgan fingerprint density at radius 1 is 1.11 bits per heavy atom. The molecule has 150 valence electrons. The molecule has 0 radical (unpaired) electrons. The number of carbonyl (C=O) groups excluding carboxylic acids is 1.